The van der Waals surface area contributed by atoms with Gasteiger partial charge in [-0.15, -0.1) is 108 Å². The Morgan fingerprint density at radius 3 is 1.37 bits per heavy atom. The molecule has 0 aliphatic rings. The molecule has 0 radical (unpaired) electrons. The van der Waals surface area contributed by atoms with Crippen LogP contribution in [0.4, 0.5) is 0 Å². The van der Waals surface area contributed by atoms with E-state index >= 15 is 0 Å². The number of rotatable bonds is 5. The number of halogens is 1. The van der Waals surface area contributed by atoms with E-state index in [1.165, 1.54) is 5.56 Å². The molecule has 0 fully saturated rings. The minimum atomic E-state index is 0. The molecule has 0 saturated carbocycles. The van der Waals surface area contributed by atoms with Crippen LogP contribution in [0.5, 0.6) is 0 Å². The van der Waals surface area contributed by atoms with Crippen LogP contribution >= 0.6 is 11.6 Å². The van der Waals surface area contributed by atoms with E-state index in [-0.39, 0.29) is 25.5 Å². The first-order chi connectivity index (χ1) is 25.8. The predicted molar refractivity (Wildman–Crippen MR) is 216 cm³/mol. The van der Waals surface area contributed by atoms with Gasteiger partial charge in [0.2, 0.25) is 0 Å². The first kappa shape index (κ1) is 39.6. The van der Waals surface area contributed by atoms with E-state index in [1.807, 2.05) is 121 Å². The van der Waals surface area contributed by atoms with Gasteiger partial charge in [-0.2, -0.15) is 0 Å². The van der Waals surface area contributed by atoms with E-state index in [9.17, 15) is 0 Å². The SMILES string of the molecule is CC(C)(C)c1ccc(-c2cc(Cl)nc(-c3ccc(-c4[c-]cccc4)nc3)n2)cc1.[Ir+3].[c-]1ccccc1-c1ccccn1.[c-]1ccccc1-c1ccccn1. The molecule has 0 N–H and O–H groups in total. The van der Waals surface area contributed by atoms with Crippen LogP contribution in [0.25, 0.3) is 56.4 Å². The third-order valence-electron chi connectivity index (χ3n) is 8.05. The first-order valence-electron chi connectivity index (χ1n) is 17.2. The van der Waals surface area contributed by atoms with Crippen molar-refractivity contribution in [2.75, 3.05) is 0 Å². The van der Waals surface area contributed by atoms with Gasteiger partial charge < -0.3 is 15.0 Å². The van der Waals surface area contributed by atoms with Crippen LogP contribution < -0.4 is 0 Å². The van der Waals surface area contributed by atoms with E-state index in [0.29, 0.717) is 11.0 Å². The summed E-state index contributed by atoms with van der Waals surface area (Å²) >= 11 is 6.30. The molecule has 0 saturated heterocycles. The second-order valence-corrected chi connectivity index (χ2v) is 13.3. The van der Waals surface area contributed by atoms with Crippen molar-refractivity contribution in [1.29, 1.82) is 0 Å². The number of benzene rings is 4. The van der Waals surface area contributed by atoms with Crippen molar-refractivity contribution < 1.29 is 20.1 Å². The Morgan fingerprint density at radius 2 is 0.963 bits per heavy atom. The molecule has 0 amide bonds. The monoisotopic (exact) mass is 899 g/mol. The third kappa shape index (κ3) is 11.2. The van der Waals surface area contributed by atoms with Crippen LogP contribution in [0.3, 0.4) is 0 Å². The smallest absolute Gasteiger partial charge is 0.305 e. The van der Waals surface area contributed by atoms with Gasteiger partial charge in [0.1, 0.15) is 5.15 Å². The Balaban J connectivity index is 0.000000184. The molecule has 0 aliphatic heterocycles. The zero-order valence-corrected chi connectivity index (χ0v) is 33.3. The number of nitrogens with zero attached hydrogens (tertiary/aromatic N) is 5. The molecule has 0 unspecified atom stereocenters. The fourth-order valence-electron chi connectivity index (χ4n) is 5.22. The van der Waals surface area contributed by atoms with Gasteiger partial charge in [-0.25, -0.2) is 9.97 Å². The van der Waals surface area contributed by atoms with E-state index in [1.54, 1.807) is 24.7 Å². The third-order valence-corrected chi connectivity index (χ3v) is 8.24. The molecular formula is C47H37ClIrN5. The number of pyridine rings is 3. The Hall–Kier alpha value is -5.65. The van der Waals surface area contributed by atoms with Crippen molar-refractivity contribution in [3.05, 3.63) is 199 Å². The quantitative estimate of drug-likeness (QED) is 0.127. The van der Waals surface area contributed by atoms with E-state index in [2.05, 4.69) is 83.2 Å². The van der Waals surface area contributed by atoms with Gasteiger partial charge in [-0.1, -0.05) is 93.0 Å². The molecule has 0 bridgehead atoms. The topological polar surface area (TPSA) is 64.5 Å². The van der Waals surface area contributed by atoms with Gasteiger partial charge in [0.15, 0.2) is 5.82 Å². The molecule has 8 rings (SSSR count). The first-order valence-corrected chi connectivity index (χ1v) is 17.6. The maximum atomic E-state index is 6.30. The van der Waals surface area contributed by atoms with Crippen molar-refractivity contribution >= 4 is 11.6 Å². The molecule has 4 aromatic carbocycles. The van der Waals surface area contributed by atoms with Crippen LogP contribution in [-0.2, 0) is 25.5 Å². The van der Waals surface area contributed by atoms with Gasteiger partial charge in [-0.05, 0) is 40.2 Å². The molecule has 7 heteroatoms. The van der Waals surface area contributed by atoms with Crippen molar-refractivity contribution in [2.45, 2.75) is 26.2 Å². The van der Waals surface area contributed by atoms with E-state index in [4.69, 9.17) is 16.6 Å². The average Bonchev–Trinajstić information content (AvgIpc) is 3.22. The van der Waals surface area contributed by atoms with Crippen LogP contribution in [0.15, 0.2) is 170 Å². The number of hydrogen-bond donors (Lipinski definition) is 0. The Morgan fingerprint density at radius 1 is 0.481 bits per heavy atom. The summed E-state index contributed by atoms with van der Waals surface area (Å²) in [6.45, 7) is 6.60. The fourth-order valence-corrected chi connectivity index (χ4v) is 5.41. The summed E-state index contributed by atoms with van der Waals surface area (Å²) in [5.41, 5.74) is 9.83. The molecule has 0 spiro atoms. The van der Waals surface area contributed by atoms with Crippen molar-refractivity contribution in [3.63, 3.8) is 0 Å². The summed E-state index contributed by atoms with van der Waals surface area (Å²) in [4.78, 5) is 22.1. The standard InChI is InChI=1S/C25H21ClN3.2C11H8N.Ir/c1-25(2,3)20-12-9-18(10-13-20)22-15-23(26)29-24(28-22)19-11-14-21(27-16-19)17-7-5-4-6-8-17;2*1-2-6-10(7-3-1)11-8-4-5-9-12-11;/h4-7,9-16H,1-3H3;2*1-6,8-9H;/q3*-1;+3. The molecular weight excluding hydrogens is 862 g/mol. The molecule has 0 aliphatic carbocycles. The van der Waals surface area contributed by atoms with E-state index < -0.39 is 0 Å². The normalized spacial score (nSPS) is 10.4. The fraction of sp³-hybridized carbons (Fsp3) is 0.0851. The van der Waals surface area contributed by atoms with Crippen molar-refractivity contribution in [3.8, 4) is 56.4 Å². The number of aromatic nitrogens is 5. The number of hydrogen-bond acceptors (Lipinski definition) is 5. The molecule has 8 aromatic rings. The summed E-state index contributed by atoms with van der Waals surface area (Å²) in [7, 11) is 0. The molecule has 4 aromatic heterocycles. The maximum absolute atomic E-state index is 6.30. The summed E-state index contributed by atoms with van der Waals surface area (Å²) in [6, 6.07) is 58.7. The van der Waals surface area contributed by atoms with Crippen molar-refractivity contribution in [1.82, 2.24) is 24.9 Å². The second kappa shape index (κ2) is 19.4. The Bertz CT molecular complexity index is 2130. The molecule has 266 valence electrons. The zero-order valence-electron chi connectivity index (χ0n) is 30.1. The van der Waals surface area contributed by atoms with Crippen LogP contribution in [0, 0.1) is 18.2 Å². The van der Waals surface area contributed by atoms with E-state index in [0.717, 1.165) is 50.6 Å². The summed E-state index contributed by atoms with van der Waals surface area (Å²) in [5, 5.41) is 0.408. The Labute approximate surface area is 336 Å². The largest absolute Gasteiger partial charge is 3.00 e. The zero-order chi connectivity index (χ0) is 36.9. The van der Waals surface area contributed by atoms with Crippen LogP contribution in [0.2, 0.25) is 5.15 Å². The molecule has 0 atom stereocenters. The van der Waals surface area contributed by atoms with Gasteiger partial charge in [-0.3, -0.25) is 0 Å². The van der Waals surface area contributed by atoms with Crippen LogP contribution in [-0.4, -0.2) is 24.9 Å². The van der Waals surface area contributed by atoms with Gasteiger partial charge in [0.25, 0.3) is 0 Å². The van der Waals surface area contributed by atoms with Gasteiger partial charge in [0, 0.05) is 35.8 Å². The second-order valence-electron chi connectivity index (χ2n) is 12.9. The summed E-state index contributed by atoms with van der Waals surface area (Å²) in [6.07, 6.45) is 5.35. The predicted octanol–water partition coefficient (Wildman–Crippen LogP) is 11.7. The minimum absolute atomic E-state index is 0. The van der Waals surface area contributed by atoms with Gasteiger partial charge in [0.05, 0.1) is 5.69 Å². The average molecular weight is 900 g/mol. The molecule has 5 nitrogen and oxygen atoms in total. The van der Waals surface area contributed by atoms with Crippen molar-refractivity contribution in [2.24, 2.45) is 0 Å². The minimum Gasteiger partial charge on any atom is -0.305 e. The maximum Gasteiger partial charge on any atom is 3.00 e. The molecule has 54 heavy (non-hydrogen) atoms. The molecule has 4 heterocycles. The Kier molecular flexibility index (Phi) is 14.2. The summed E-state index contributed by atoms with van der Waals surface area (Å²) < 4.78 is 0. The summed E-state index contributed by atoms with van der Waals surface area (Å²) in [5.74, 6) is 0.559. The van der Waals surface area contributed by atoms with Gasteiger partial charge >= 0.3 is 20.1 Å². The van der Waals surface area contributed by atoms with Crippen LogP contribution in [0.1, 0.15) is 26.3 Å².